The van der Waals surface area contributed by atoms with E-state index in [1.807, 2.05) is 38.1 Å². The number of amides is 1. The van der Waals surface area contributed by atoms with Crippen molar-refractivity contribution in [1.29, 1.82) is 0 Å². The molecular weight excluding hydrogens is 320 g/mol. The number of benzene rings is 2. The van der Waals surface area contributed by atoms with E-state index in [1.54, 1.807) is 26.4 Å². The molecule has 132 valence electrons. The van der Waals surface area contributed by atoms with Crippen LogP contribution in [0.4, 0.5) is 5.69 Å². The SMILES string of the molecule is COc1ccc(/C=N\OCC(=O)Nc2ccc(C)cc2C)cc1OC. The second-order valence-electron chi connectivity index (χ2n) is 5.49. The quantitative estimate of drug-likeness (QED) is 0.619. The maximum atomic E-state index is 11.9. The van der Waals surface area contributed by atoms with Gasteiger partial charge in [0, 0.05) is 11.3 Å². The molecule has 2 aromatic carbocycles. The van der Waals surface area contributed by atoms with E-state index in [0.717, 1.165) is 22.4 Å². The van der Waals surface area contributed by atoms with E-state index in [1.165, 1.54) is 6.21 Å². The zero-order chi connectivity index (χ0) is 18.2. The van der Waals surface area contributed by atoms with Crippen LogP contribution in [-0.4, -0.2) is 32.9 Å². The molecule has 0 fully saturated rings. The number of hydrogen-bond acceptors (Lipinski definition) is 5. The van der Waals surface area contributed by atoms with Crippen LogP contribution >= 0.6 is 0 Å². The monoisotopic (exact) mass is 342 g/mol. The highest BCUT2D eigenvalue weighted by atomic mass is 16.6. The number of nitrogens with one attached hydrogen (secondary N) is 1. The summed E-state index contributed by atoms with van der Waals surface area (Å²) in [4.78, 5) is 16.9. The summed E-state index contributed by atoms with van der Waals surface area (Å²) in [5.74, 6) is 0.962. The van der Waals surface area contributed by atoms with Gasteiger partial charge in [0.05, 0.1) is 20.4 Å². The fraction of sp³-hybridized carbons (Fsp3) is 0.263. The number of anilines is 1. The lowest BCUT2D eigenvalue weighted by Gasteiger charge is -2.08. The Morgan fingerprint density at radius 2 is 1.84 bits per heavy atom. The summed E-state index contributed by atoms with van der Waals surface area (Å²) in [6.45, 7) is 3.78. The molecule has 0 unspecified atom stereocenters. The minimum atomic E-state index is -0.267. The summed E-state index contributed by atoms with van der Waals surface area (Å²) in [7, 11) is 3.13. The van der Waals surface area contributed by atoms with E-state index >= 15 is 0 Å². The molecule has 1 N–H and O–H groups in total. The van der Waals surface area contributed by atoms with Crippen LogP contribution in [0.1, 0.15) is 16.7 Å². The van der Waals surface area contributed by atoms with Crippen LogP contribution in [0.3, 0.4) is 0 Å². The summed E-state index contributed by atoms with van der Waals surface area (Å²) in [5, 5.41) is 6.60. The van der Waals surface area contributed by atoms with Crippen LogP contribution in [0, 0.1) is 13.8 Å². The summed E-state index contributed by atoms with van der Waals surface area (Å²) in [5.41, 5.74) is 3.68. The van der Waals surface area contributed by atoms with Gasteiger partial charge >= 0.3 is 0 Å². The van der Waals surface area contributed by atoms with Crippen molar-refractivity contribution in [2.24, 2.45) is 5.16 Å². The maximum Gasteiger partial charge on any atom is 0.265 e. The Balaban J connectivity index is 1.87. The molecule has 0 radical (unpaired) electrons. The van der Waals surface area contributed by atoms with Crippen molar-refractivity contribution in [3.05, 3.63) is 53.1 Å². The molecule has 0 aliphatic carbocycles. The largest absolute Gasteiger partial charge is 0.493 e. The highest BCUT2D eigenvalue weighted by Gasteiger charge is 2.06. The molecule has 0 aromatic heterocycles. The highest BCUT2D eigenvalue weighted by molar-refractivity contribution is 5.92. The highest BCUT2D eigenvalue weighted by Crippen LogP contribution is 2.26. The number of rotatable bonds is 7. The Bertz CT molecular complexity index is 772. The molecule has 1 amide bonds. The van der Waals surface area contributed by atoms with E-state index in [2.05, 4.69) is 10.5 Å². The first kappa shape index (κ1) is 18.3. The van der Waals surface area contributed by atoms with E-state index in [-0.39, 0.29) is 12.5 Å². The van der Waals surface area contributed by atoms with Gasteiger partial charge in [-0.2, -0.15) is 0 Å². The van der Waals surface area contributed by atoms with Crippen LogP contribution < -0.4 is 14.8 Å². The number of nitrogens with zero attached hydrogens (tertiary/aromatic N) is 1. The number of methoxy groups -OCH3 is 2. The van der Waals surface area contributed by atoms with Crippen molar-refractivity contribution in [3.63, 3.8) is 0 Å². The van der Waals surface area contributed by atoms with Crippen molar-refractivity contribution >= 4 is 17.8 Å². The van der Waals surface area contributed by atoms with Crippen LogP contribution in [0.5, 0.6) is 11.5 Å². The zero-order valence-corrected chi connectivity index (χ0v) is 14.8. The molecule has 2 rings (SSSR count). The Hall–Kier alpha value is -3.02. The molecule has 6 nitrogen and oxygen atoms in total. The van der Waals surface area contributed by atoms with Crippen LogP contribution in [0.15, 0.2) is 41.6 Å². The topological polar surface area (TPSA) is 69.2 Å². The third-order valence-electron chi connectivity index (χ3n) is 3.54. The molecule has 0 spiro atoms. The van der Waals surface area contributed by atoms with Crippen molar-refractivity contribution in [3.8, 4) is 11.5 Å². The lowest BCUT2D eigenvalue weighted by Crippen LogP contribution is -2.17. The average Bonchev–Trinajstić information content (AvgIpc) is 2.61. The van der Waals surface area contributed by atoms with E-state index in [0.29, 0.717) is 11.5 Å². The number of ether oxygens (including phenoxy) is 2. The van der Waals surface area contributed by atoms with E-state index < -0.39 is 0 Å². The van der Waals surface area contributed by atoms with Crippen LogP contribution in [0.25, 0.3) is 0 Å². The van der Waals surface area contributed by atoms with Crippen LogP contribution in [0.2, 0.25) is 0 Å². The molecule has 0 atom stereocenters. The smallest absolute Gasteiger partial charge is 0.265 e. The standard InChI is InChI=1S/C19H22N2O4/c1-13-5-7-16(14(2)9-13)21-19(22)12-25-20-11-15-6-8-17(23-3)18(10-15)24-4/h5-11H,12H2,1-4H3,(H,21,22)/b20-11-. The van der Waals surface area contributed by atoms with Gasteiger partial charge in [0.25, 0.3) is 5.91 Å². The molecule has 2 aromatic rings. The lowest BCUT2D eigenvalue weighted by molar-refractivity contribution is -0.120. The zero-order valence-electron chi connectivity index (χ0n) is 14.8. The third-order valence-corrected chi connectivity index (χ3v) is 3.54. The Morgan fingerprint density at radius 3 is 2.52 bits per heavy atom. The van der Waals surface area contributed by atoms with Crippen molar-refractivity contribution in [2.45, 2.75) is 13.8 Å². The van der Waals surface area contributed by atoms with Gasteiger partial charge in [-0.3, -0.25) is 4.79 Å². The summed E-state index contributed by atoms with van der Waals surface area (Å²) in [6.07, 6.45) is 1.51. The minimum Gasteiger partial charge on any atom is -0.493 e. The number of oxime groups is 1. The average molecular weight is 342 g/mol. The number of aryl methyl sites for hydroxylation is 2. The van der Waals surface area contributed by atoms with E-state index in [9.17, 15) is 4.79 Å². The molecule has 0 bridgehead atoms. The summed E-state index contributed by atoms with van der Waals surface area (Å²) in [6, 6.07) is 11.2. The molecule has 0 heterocycles. The molecule has 0 aliphatic rings. The van der Waals surface area contributed by atoms with E-state index in [4.69, 9.17) is 14.3 Å². The van der Waals surface area contributed by atoms with Gasteiger partial charge < -0.3 is 19.6 Å². The predicted octanol–water partition coefficient (Wildman–Crippen LogP) is 3.31. The second kappa shape index (κ2) is 8.73. The minimum absolute atomic E-state index is 0.170. The molecule has 25 heavy (non-hydrogen) atoms. The van der Waals surface area contributed by atoms with Gasteiger partial charge in [0.1, 0.15) is 0 Å². The number of carbonyl (C=O) groups excluding carboxylic acids is 1. The van der Waals surface area contributed by atoms with Gasteiger partial charge in [-0.25, -0.2) is 0 Å². The Morgan fingerprint density at radius 1 is 1.08 bits per heavy atom. The van der Waals surface area contributed by atoms with Gasteiger partial charge in [-0.1, -0.05) is 22.9 Å². The van der Waals surface area contributed by atoms with Gasteiger partial charge in [-0.05, 0) is 43.7 Å². The molecule has 0 saturated carbocycles. The number of hydrogen-bond donors (Lipinski definition) is 1. The molecular formula is C19H22N2O4. The van der Waals surface area contributed by atoms with Gasteiger partial charge in [0.15, 0.2) is 18.1 Å². The first-order valence-corrected chi connectivity index (χ1v) is 7.78. The first-order valence-electron chi connectivity index (χ1n) is 7.78. The van der Waals surface area contributed by atoms with Gasteiger partial charge in [0.2, 0.25) is 0 Å². The fourth-order valence-electron chi connectivity index (χ4n) is 2.27. The molecule has 6 heteroatoms. The second-order valence-corrected chi connectivity index (χ2v) is 5.49. The fourth-order valence-corrected chi connectivity index (χ4v) is 2.27. The van der Waals surface area contributed by atoms with Gasteiger partial charge in [-0.15, -0.1) is 0 Å². The molecule has 0 saturated heterocycles. The van der Waals surface area contributed by atoms with Crippen molar-refractivity contribution in [2.75, 3.05) is 26.1 Å². The molecule has 0 aliphatic heterocycles. The summed E-state index contributed by atoms with van der Waals surface area (Å²) >= 11 is 0. The lowest BCUT2D eigenvalue weighted by atomic mass is 10.1. The maximum absolute atomic E-state index is 11.9. The predicted molar refractivity (Wildman–Crippen MR) is 97.6 cm³/mol. The van der Waals surface area contributed by atoms with Crippen molar-refractivity contribution in [1.82, 2.24) is 0 Å². The van der Waals surface area contributed by atoms with Crippen LogP contribution in [-0.2, 0) is 9.63 Å². The number of carbonyl (C=O) groups is 1. The Kier molecular flexibility index (Phi) is 6.39. The summed E-state index contributed by atoms with van der Waals surface area (Å²) < 4.78 is 10.4. The first-order chi connectivity index (χ1) is 12.0. The normalized spacial score (nSPS) is 10.6. The van der Waals surface area contributed by atoms with Crippen molar-refractivity contribution < 1.29 is 19.1 Å². The Labute approximate surface area is 147 Å². The third kappa shape index (κ3) is 5.24.